The van der Waals surface area contributed by atoms with E-state index in [0.717, 1.165) is 53.9 Å². The summed E-state index contributed by atoms with van der Waals surface area (Å²) >= 11 is 2.57. The van der Waals surface area contributed by atoms with Crippen molar-refractivity contribution in [2.24, 2.45) is 7.05 Å². The van der Waals surface area contributed by atoms with Gasteiger partial charge in [0, 0.05) is 49.9 Å². The first-order valence-corrected chi connectivity index (χ1v) is 13.0. The molecule has 0 saturated carbocycles. The molecule has 6 nitrogen and oxygen atoms in total. The Morgan fingerprint density at radius 2 is 2.00 bits per heavy atom. The van der Waals surface area contributed by atoms with Crippen molar-refractivity contribution >= 4 is 56.2 Å². The number of morpholine rings is 1. The Morgan fingerprint density at radius 3 is 2.85 bits per heavy atom. The fourth-order valence-corrected chi connectivity index (χ4v) is 6.51. The Bertz CT molecular complexity index is 1410. The lowest BCUT2D eigenvalue weighted by Crippen LogP contribution is -2.36. The molecular weight excluding hydrogens is 539 g/mol. The van der Waals surface area contributed by atoms with Crippen LogP contribution < -0.4 is 14.9 Å². The van der Waals surface area contributed by atoms with E-state index in [-0.39, 0.29) is 9.97 Å². The number of ether oxygens (including phenoxy) is 1. The van der Waals surface area contributed by atoms with Crippen LogP contribution in [0.25, 0.3) is 27.9 Å². The summed E-state index contributed by atoms with van der Waals surface area (Å²) in [4.78, 5) is 2.39. The molecule has 0 radical (unpaired) electrons. The first-order chi connectivity index (χ1) is 16.6. The van der Waals surface area contributed by atoms with Gasteiger partial charge in [0.2, 0.25) is 0 Å². The number of anilines is 1. The van der Waals surface area contributed by atoms with Gasteiger partial charge in [-0.1, -0.05) is 59.0 Å². The van der Waals surface area contributed by atoms with Crippen molar-refractivity contribution in [3.63, 3.8) is 0 Å². The fraction of sp³-hybridized carbons (Fsp3) is 0.296. The smallest absolute Gasteiger partial charge is 0.190 e. The van der Waals surface area contributed by atoms with Gasteiger partial charge in [0.05, 0.1) is 33.6 Å². The van der Waals surface area contributed by atoms with Crippen LogP contribution in [0.4, 0.5) is 5.69 Å². The molecule has 1 N–H and O–H groups in total. The van der Waals surface area contributed by atoms with Gasteiger partial charge in [0.25, 0.3) is 0 Å². The molecule has 2 aliphatic heterocycles. The van der Waals surface area contributed by atoms with Gasteiger partial charge < -0.3 is 24.7 Å². The lowest BCUT2D eigenvalue weighted by atomic mass is 9.92. The second kappa shape index (κ2) is 8.87. The SMILES string of the molecule is Cn1c2cc[n+]([O-])cc2c2ccc3c(c21)C(I)C(C=Cc1cccc(N2CCOCC2)c1)NC3. The maximum absolute atomic E-state index is 12.0. The van der Waals surface area contributed by atoms with Crippen molar-refractivity contribution < 1.29 is 9.47 Å². The molecule has 0 bridgehead atoms. The molecule has 7 heteroatoms. The van der Waals surface area contributed by atoms with Crippen LogP contribution in [0, 0.1) is 5.21 Å². The number of aromatic nitrogens is 2. The molecule has 2 unspecified atom stereocenters. The number of nitrogens with one attached hydrogen (secondary N) is 1. The van der Waals surface area contributed by atoms with Gasteiger partial charge in [-0.3, -0.25) is 0 Å². The molecular formula is C27H27IN4O2. The molecule has 0 spiro atoms. The van der Waals surface area contributed by atoms with Gasteiger partial charge in [0.1, 0.15) is 0 Å². The largest absolute Gasteiger partial charge is 0.619 e. The average molecular weight is 566 g/mol. The van der Waals surface area contributed by atoms with E-state index in [9.17, 15) is 5.21 Å². The molecule has 0 aliphatic carbocycles. The Balaban J connectivity index is 1.33. The Labute approximate surface area is 212 Å². The summed E-state index contributed by atoms with van der Waals surface area (Å²) in [6, 6.07) is 15.3. The number of fused-ring (bicyclic) bond motifs is 5. The van der Waals surface area contributed by atoms with Gasteiger partial charge in [-0.2, -0.15) is 4.73 Å². The third kappa shape index (κ3) is 3.76. The third-order valence-electron chi connectivity index (χ3n) is 7.07. The minimum Gasteiger partial charge on any atom is -0.619 e. The summed E-state index contributed by atoms with van der Waals surface area (Å²) in [7, 11) is 2.10. The van der Waals surface area contributed by atoms with Crippen molar-refractivity contribution in [2.75, 3.05) is 31.2 Å². The van der Waals surface area contributed by atoms with Gasteiger partial charge in [-0.15, -0.1) is 0 Å². The lowest BCUT2D eigenvalue weighted by Gasteiger charge is -2.30. The lowest BCUT2D eigenvalue weighted by molar-refractivity contribution is -0.603. The number of hydrogen-bond donors (Lipinski definition) is 1. The fourth-order valence-electron chi connectivity index (χ4n) is 5.32. The molecule has 2 aliphatic rings. The number of hydrogen-bond acceptors (Lipinski definition) is 4. The number of benzene rings is 2. The number of nitrogens with zero attached hydrogens (tertiary/aromatic N) is 3. The highest BCUT2D eigenvalue weighted by Crippen LogP contribution is 2.41. The van der Waals surface area contributed by atoms with Crippen LogP contribution in [0.3, 0.4) is 0 Å². The first kappa shape index (κ1) is 21.9. The number of rotatable bonds is 3. The van der Waals surface area contributed by atoms with Gasteiger partial charge in [-0.05, 0) is 28.8 Å². The second-order valence-electron chi connectivity index (χ2n) is 9.06. The molecule has 4 heterocycles. The summed E-state index contributed by atoms with van der Waals surface area (Å²) in [5, 5.41) is 17.8. The van der Waals surface area contributed by atoms with Crippen LogP contribution in [-0.2, 0) is 18.3 Å². The number of halogens is 1. The zero-order valence-electron chi connectivity index (χ0n) is 19.1. The molecule has 2 aromatic carbocycles. The van der Waals surface area contributed by atoms with Crippen LogP contribution in [0.5, 0.6) is 0 Å². The van der Waals surface area contributed by atoms with E-state index in [1.54, 1.807) is 12.4 Å². The number of aryl methyl sites for hydroxylation is 1. The molecule has 174 valence electrons. The standard InChI is InChI=1S/C27H27IN4O2/c1-30-24-9-10-32(33)17-22(24)21-7-6-19-16-29-23(26(28)25(19)27(21)30)8-5-18-3-2-4-20(15-18)31-11-13-34-14-12-31/h2-10,15,17,23,26,29H,11-14,16H2,1H3. The molecule has 4 aromatic rings. The summed E-state index contributed by atoms with van der Waals surface area (Å²) in [6.45, 7) is 4.30. The van der Waals surface area contributed by atoms with E-state index in [1.165, 1.54) is 27.9 Å². The van der Waals surface area contributed by atoms with Crippen LogP contribution in [-0.4, -0.2) is 36.9 Å². The van der Waals surface area contributed by atoms with E-state index in [2.05, 4.69) is 93.0 Å². The van der Waals surface area contributed by atoms with E-state index in [1.807, 2.05) is 6.07 Å². The van der Waals surface area contributed by atoms with Gasteiger partial charge >= 0.3 is 0 Å². The Kier molecular flexibility index (Phi) is 5.71. The summed E-state index contributed by atoms with van der Waals surface area (Å²) in [5.41, 5.74) is 7.47. The molecule has 1 fully saturated rings. The van der Waals surface area contributed by atoms with Gasteiger partial charge in [-0.25, -0.2) is 0 Å². The molecule has 6 rings (SSSR count). The van der Waals surface area contributed by atoms with Crippen molar-refractivity contribution in [1.82, 2.24) is 9.88 Å². The summed E-state index contributed by atoms with van der Waals surface area (Å²) in [5.74, 6) is 0. The predicted octanol–water partition coefficient (Wildman–Crippen LogP) is 4.46. The summed E-state index contributed by atoms with van der Waals surface area (Å²) < 4.78 is 8.90. The minimum atomic E-state index is 0.216. The van der Waals surface area contributed by atoms with Crippen LogP contribution in [0.15, 0.2) is 60.9 Å². The zero-order valence-corrected chi connectivity index (χ0v) is 21.2. The van der Waals surface area contributed by atoms with Crippen molar-refractivity contribution in [2.45, 2.75) is 16.5 Å². The number of pyridine rings is 1. The van der Waals surface area contributed by atoms with E-state index >= 15 is 0 Å². The van der Waals surface area contributed by atoms with Crippen molar-refractivity contribution in [3.05, 3.63) is 82.8 Å². The molecule has 2 atom stereocenters. The summed E-state index contributed by atoms with van der Waals surface area (Å²) in [6.07, 6.45) is 7.80. The topological polar surface area (TPSA) is 56.4 Å². The maximum Gasteiger partial charge on any atom is 0.190 e. The van der Waals surface area contributed by atoms with Crippen LogP contribution in [0.2, 0.25) is 0 Å². The van der Waals surface area contributed by atoms with E-state index in [0.29, 0.717) is 0 Å². The third-order valence-corrected chi connectivity index (χ3v) is 8.47. The second-order valence-corrected chi connectivity index (χ2v) is 10.4. The molecule has 2 aromatic heterocycles. The van der Waals surface area contributed by atoms with Gasteiger partial charge in [0.15, 0.2) is 12.4 Å². The van der Waals surface area contributed by atoms with E-state index in [4.69, 9.17) is 4.74 Å². The molecule has 34 heavy (non-hydrogen) atoms. The highest BCUT2D eigenvalue weighted by atomic mass is 127. The zero-order chi connectivity index (χ0) is 23.2. The van der Waals surface area contributed by atoms with Crippen LogP contribution in [0.1, 0.15) is 20.6 Å². The van der Waals surface area contributed by atoms with Crippen molar-refractivity contribution in [3.8, 4) is 0 Å². The maximum atomic E-state index is 12.0. The number of alkyl halides is 1. The van der Waals surface area contributed by atoms with E-state index < -0.39 is 0 Å². The Hall–Kier alpha value is -2.62. The highest BCUT2D eigenvalue weighted by molar-refractivity contribution is 14.1. The average Bonchev–Trinajstić information content (AvgIpc) is 3.15. The highest BCUT2D eigenvalue weighted by Gasteiger charge is 2.29. The first-order valence-electron chi connectivity index (χ1n) is 11.7. The predicted molar refractivity (Wildman–Crippen MR) is 145 cm³/mol. The normalized spacial score (nSPS) is 20.9. The minimum absolute atomic E-state index is 0.216. The van der Waals surface area contributed by atoms with Crippen molar-refractivity contribution in [1.29, 1.82) is 0 Å². The quantitative estimate of drug-likeness (QED) is 0.172. The monoisotopic (exact) mass is 566 g/mol. The molecule has 0 amide bonds. The van der Waals surface area contributed by atoms with Crippen LogP contribution >= 0.6 is 22.6 Å². The Morgan fingerprint density at radius 1 is 1.15 bits per heavy atom. The molecule has 1 saturated heterocycles.